The van der Waals surface area contributed by atoms with Crippen molar-refractivity contribution in [2.24, 2.45) is 5.92 Å². The first-order valence-electron chi connectivity index (χ1n) is 9.62. The highest BCUT2D eigenvalue weighted by atomic mass is 79.9. The zero-order valence-electron chi connectivity index (χ0n) is 15.2. The molecule has 2 aliphatic heterocycles. The summed E-state index contributed by atoms with van der Waals surface area (Å²) in [6, 6.07) is 7.85. The molecular formula is C20H27BrN4O. The summed E-state index contributed by atoms with van der Waals surface area (Å²) >= 11 is 3.56. The fourth-order valence-corrected chi connectivity index (χ4v) is 4.51. The standard InChI is InChI=1S/C20H27BrN4O/c21-18-14-16(15-22)4-5-19(18)25-12-6-17(7-13-25)20(26)23-8-3-11-24-9-1-2-10-24/h4-5,14,17H,1-3,6-13H2,(H,23,26). The number of anilines is 1. The molecule has 2 fully saturated rings. The van der Waals surface area contributed by atoms with Gasteiger partial charge in [-0.05, 0) is 85.9 Å². The van der Waals surface area contributed by atoms with E-state index in [2.05, 4.69) is 37.1 Å². The SMILES string of the molecule is N#Cc1ccc(N2CCC(C(=O)NCCCN3CCCC3)CC2)c(Br)c1. The second-order valence-electron chi connectivity index (χ2n) is 7.23. The molecule has 2 saturated heterocycles. The van der Waals surface area contributed by atoms with Crippen molar-refractivity contribution >= 4 is 27.5 Å². The topological polar surface area (TPSA) is 59.4 Å². The Morgan fingerprint density at radius 1 is 1.23 bits per heavy atom. The highest BCUT2D eigenvalue weighted by Crippen LogP contribution is 2.30. The Bertz CT molecular complexity index is 658. The summed E-state index contributed by atoms with van der Waals surface area (Å²) in [6.07, 6.45) is 5.44. The molecule has 0 unspecified atom stereocenters. The molecule has 1 amide bonds. The second-order valence-corrected chi connectivity index (χ2v) is 8.09. The molecule has 140 valence electrons. The molecule has 5 nitrogen and oxygen atoms in total. The van der Waals surface area contributed by atoms with E-state index in [0.717, 1.165) is 55.6 Å². The summed E-state index contributed by atoms with van der Waals surface area (Å²) in [5, 5.41) is 12.1. The number of benzene rings is 1. The van der Waals surface area contributed by atoms with Gasteiger partial charge in [0.25, 0.3) is 0 Å². The minimum atomic E-state index is 0.121. The summed E-state index contributed by atoms with van der Waals surface area (Å²) < 4.78 is 0.946. The Kier molecular flexibility index (Phi) is 6.93. The van der Waals surface area contributed by atoms with Crippen LogP contribution in [-0.2, 0) is 4.79 Å². The van der Waals surface area contributed by atoms with Crippen LogP contribution in [0.3, 0.4) is 0 Å². The maximum Gasteiger partial charge on any atom is 0.223 e. The molecule has 2 aliphatic rings. The summed E-state index contributed by atoms with van der Waals surface area (Å²) in [4.78, 5) is 17.2. The quantitative estimate of drug-likeness (QED) is 0.720. The lowest BCUT2D eigenvalue weighted by Gasteiger charge is -2.33. The van der Waals surface area contributed by atoms with Gasteiger partial charge < -0.3 is 15.1 Å². The molecule has 1 N–H and O–H groups in total. The van der Waals surface area contributed by atoms with Crippen molar-refractivity contribution in [2.75, 3.05) is 44.2 Å². The van der Waals surface area contributed by atoms with Crippen LogP contribution in [0, 0.1) is 17.2 Å². The number of likely N-dealkylation sites (tertiary alicyclic amines) is 1. The number of nitrogens with one attached hydrogen (secondary N) is 1. The Morgan fingerprint density at radius 2 is 1.96 bits per heavy atom. The van der Waals surface area contributed by atoms with Gasteiger partial charge in [-0.25, -0.2) is 0 Å². The van der Waals surface area contributed by atoms with E-state index in [1.54, 1.807) is 0 Å². The molecule has 0 bridgehead atoms. The van der Waals surface area contributed by atoms with Gasteiger partial charge in [0, 0.05) is 30.0 Å². The van der Waals surface area contributed by atoms with Crippen LogP contribution in [0.1, 0.15) is 37.7 Å². The molecule has 1 aromatic carbocycles. The summed E-state index contributed by atoms with van der Waals surface area (Å²) in [5.41, 5.74) is 1.76. The van der Waals surface area contributed by atoms with E-state index >= 15 is 0 Å². The smallest absolute Gasteiger partial charge is 0.223 e. The van der Waals surface area contributed by atoms with Gasteiger partial charge >= 0.3 is 0 Å². The largest absolute Gasteiger partial charge is 0.371 e. The lowest BCUT2D eigenvalue weighted by atomic mass is 9.95. The van der Waals surface area contributed by atoms with Crippen LogP contribution in [0.15, 0.2) is 22.7 Å². The van der Waals surface area contributed by atoms with Gasteiger partial charge in [-0.2, -0.15) is 5.26 Å². The third-order valence-corrected chi connectivity index (χ3v) is 6.07. The molecule has 0 atom stereocenters. The van der Waals surface area contributed by atoms with Crippen molar-refractivity contribution in [1.82, 2.24) is 10.2 Å². The molecule has 0 aromatic heterocycles. The first kappa shape index (κ1) is 19.2. The second kappa shape index (κ2) is 9.38. The van der Waals surface area contributed by atoms with Crippen molar-refractivity contribution in [3.63, 3.8) is 0 Å². The molecule has 3 rings (SSSR count). The van der Waals surface area contributed by atoms with E-state index in [4.69, 9.17) is 5.26 Å². The Morgan fingerprint density at radius 3 is 2.62 bits per heavy atom. The predicted molar refractivity (Wildman–Crippen MR) is 107 cm³/mol. The number of nitrogens with zero attached hydrogens (tertiary/aromatic N) is 3. The average molecular weight is 419 g/mol. The van der Waals surface area contributed by atoms with Crippen LogP contribution in [0.5, 0.6) is 0 Å². The highest BCUT2D eigenvalue weighted by Gasteiger charge is 2.25. The van der Waals surface area contributed by atoms with Crippen molar-refractivity contribution in [3.05, 3.63) is 28.2 Å². The number of nitriles is 1. The molecule has 0 aliphatic carbocycles. The van der Waals surface area contributed by atoms with E-state index in [9.17, 15) is 4.79 Å². The zero-order chi connectivity index (χ0) is 18.4. The number of hydrogen-bond acceptors (Lipinski definition) is 4. The van der Waals surface area contributed by atoms with Crippen LogP contribution in [0.2, 0.25) is 0 Å². The average Bonchev–Trinajstić information content (AvgIpc) is 3.18. The van der Waals surface area contributed by atoms with Gasteiger partial charge in [0.1, 0.15) is 0 Å². The summed E-state index contributed by atoms with van der Waals surface area (Å²) in [6.45, 7) is 6.07. The number of halogens is 1. The number of carbonyl (C=O) groups excluding carboxylic acids is 1. The van der Waals surface area contributed by atoms with E-state index in [1.165, 1.54) is 25.9 Å². The van der Waals surface area contributed by atoms with E-state index in [0.29, 0.717) is 5.56 Å². The zero-order valence-corrected chi connectivity index (χ0v) is 16.8. The normalized spacial score (nSPS) is 18.7. The van der Waals surface area contributed by atoms with E-state index in [1.807, 2.05) is 18.2 Å². The van der Waals surface area contributed by atoms with Crippen LogP contribution in [0.4, 0.5) is 5.69 Å². The number of piperidine rings is 1. The molecule has 0 spiro atoms. The Labute approximate surface area is 164 Å². The minimum absolute atomic E-state index is 0.121. The monoisotopic (exact) mass is 418 g/mol. The maximum absolute atomic E-state index is 12.4. The molecule has 0 saturated carbocycles. The first-order valence-corrected chi connectivity index (χ1v) is 10.4. The highest BCUT2D eigenvalue weighted by molar-refractivity contribution is 9.10. The van der Waals surface area contributed by atoms with Crippen LogP contribution in [-0.4, -0.2) is 50.1 Å². The van der Waals surface area contributed by atoms with Gasteiger partial charge in [0.2, 0.25) is 5.91 Å². The van der Waals surface area contributed by atoms with Crippen molar-refractivity contribution in [1.29, 1.82) is 5.26 Å². The third-order valence-electron chi connectivity index (χ3n) is 5.43. The molecule has 26 heavy (non-hydrogen) atoms. The van der Waals surface area contributed by atoms with Gasteiger partial charge in [-0.3, -0.25) is 4.79 Å². The lowest BCUT2D eigenvalue weighted by molar-refractivity contribution is -0.125. The number of amides is 1. The van der Waals surface area contributed by atoms with Gasteiger partial charge in [0.05, 0.1) is 17.3 Å². The molecule has 0 radical (unpaired) electrons. The predicted octanol–water partition coefficient (Wildman–Crippen LogP) is 3.14. The summed E-state index contributed by atoms with van der Waals surface area (Å²) in [5.74, 6) is 0.333. The first-order chi connectivity index (χ1) is 12.7. The van der Waals surface area contributed by atoms with E-state index in [-0.39, 0.29) is 11.8 Å². The molecule has 1 aromatic rings. The minimum Gasteiger partial charge on any atom is -0.371 e. The van der Waals surface area contributed by atoms with Crippen LogP contribution < -0.4 is 10.2 Å². The van der Waals surface area contributed by atoms with Gasteiger partial charge in [0.15, 0.2) is 0 Å². The maximum atomic E-state index is 12.4. The fraction of sp³-hybridized carbons (Fsp3) is 0.600. The number of carbonyl (C=O) groups is 1. The Balaban J connectivity index is 1.40. The van der Waals surface area contributed by atoms with Gasteiger partial charge in [-0.15, -0.1) is 0 Å². The number of hydrogen-bond donors (Lipinski definition) is 1. The van der Waals surface area contributed by atoms with E-state index < -0.39 is 0 Å². The molecule has 2 heterocycles. The molecular weight excluding hydrogens is 392 g/mol. The summed E-state index contributed by atoms with van der Waals surface area (Å²) in [7, 11) is 0. The van der Waals surface area contributed by atoms with Crippen LogP contribution >= 0.6 is 15.9 Å². The lowest BCUT2D eigenvalue weighted by Crippen LogP contribution is -2.41. The Hall–Kier alpha value is -1.58. The van der Waals surface area contributed by atoms with Crippen LogP contribution in [0.25, 0.3) is 0 Å². The van der Waals surface area contributed by atoms with Gasteiger partial charge in [-0.1, -0.05) is 0 Å². The molecule has 6 heteroatoms. The van der Waals surface area contributed by atoms with Crippen molar-refractivity contribution in [2.45, 2.75) is 32.1 Å². The third kappa shape index (κ3) is 4.99. The fourth-order valence-electron chi connectivity index (χ4n) is 3.88. The van der Waals surface area contributed by atoms with Crippen molar-refractivity contribution in [3.8, 4) is 6.07 Å². The van der Waals surface area contributed by atoms with Crippen molar-refractivity contribution < 1.29 is 4.79 Å². The number of rotatable bonds is 6.